The molecule has 6 aromatic rings. The monoisotopic (exact) mass is 928 g/mol. The standard InChI is InChI=1S/C28H34F2O3.C28H34F2O2S/c1-3-5-7-8-18-9-11-19(12-10-18)20-13-14-21-22-15-16-23(32-17-6-4-2)26(30)27(22)33-28(31)24(21)25(20)29;1-3-5-7-8-18-9-11-19(12-10-18)20-13-14-21-22-15-16-23(31-17-6-4-2)26(30)27(22)32-28(33)24(21)25(20)29/h2*13-16,18-19H,3-12,17H2,1-2H3. The molecule has 2 aliphatic carbocycles. The van der Waals surface area contributed by atoms with Crippen LogP contribution in [-0.4, -0.2) is 13.2 Å². The molecule has 0 radical (unpaired) electrons. The molecule has 0 atom stereocenters. The van der Waals surface area contributed by atoms with Gasteiger partial charge in [-0.3, -0.25) is 0 Å². The fourth-order valence-corrected chi connectivity index (χ4v) is 10.7. The van der Waals surface area contributed by atoms with E-state index in [1.165, 1.54) is 57.4 Å². The van der Waals surface area contributed by atoms with E-state index < -0.39 is 23.1 Å². The van der Waals surface area contributed by atoms with Gasteiger partial charge in [0.1, 0.15) is 17.0 Å². The Hall–Kier alpha value is -4.44. The van der Waals surface area contributed by atoms with E-state index in [1.807, 2.05) is 26.0 Å². The van der Waals surface area contributed by atoms with E-state index in [-0.39, 0.29) is 50.4 Å². The van der Waals surface area contributed by atoms with Crippen molar-refractivity contribution in [2.75, 3.05) is 13.2 Å². The molecule has 10 heteroatoms. The van der Waals surface area contributed by atoms with Crippen molar-refractivity contribution in [2.24, 2.45) is 11.8 Å². The lowest BCUT2D eigenvalue weighted by Crippen LogP contribution is -2.15. The van der Waals surface area contributed by atoms with E-state index in [1.54, 1.807) is 30.3 Å². The van der Waals surface area contributed by atoms with Gasteiger partial charge < -0.3 is 18.3 Å². The molecule has 2 saturated carbocycles. The lowest BCUT2D eigenvalue weighted by molar-refractivity contribution is 0.294. The maximum absolute atomic E-state index is 15.7. The minimum atomic E-state index is -0.838. The van der Waals surface area contributed by atoms with Crippen molar-refractivity contribution >= 4 is 55.7 Å². The zero-order valence-corrected chi connectivity index (χ0v) is 40.3. The first-order valence-corrected chi connectivity index (χ1v) is 25.5. The molecule has 8 rings (SSSR count). The summed E-state index contributed by atoms with van der Waals surface area (Å²) < 4.78 is 83.4. The van der Waals surface area contributed by atoms with Gasteiger partial charge >= 0.3 is 5.63 Å². The first kappa shape index (κ1) is 49.5. The molecule has 66 heavy (non-hydrogen) atoms. The van der Waals surface area contributed by atoms with Crippen molar-refractivity contribution in [3.8, 4) is 11.5 Å². The summed E-state index contributed by atoms with van der Waals surface area (Å²) in [5, 5.41) is 2.09. The lowest BCUT2D eigenvalue weighted by atomic mass is 9.76. The third kappa shape index (κ3) is 11.1. The van der Waals surface area contributed by atoms with Crippen LogP contribution < -0.4 is 15.1 Å². The highest BCUT2D eigenvalue weighted by atomic mass is 32.1. The van der Waals surface area contributed by atoms with Crippen molar-refractivity contribution in [3.63, 3.8) is 0 Å². The van der Waals surface area contributed by atoms with Crippen LogP contribution in [0.2, 0.25) is 0 Å². The number of hydrogen-bond donors (Lipinski definition) is 0. The van der Waals surface area contributed by atoms with Crippen molar-refractivity contribution in [1.29, 1.82) is 0 Å². The van der Waals surface area contributed by atoms with Gasteiger partial charge in [-0.1, -0.05) is 116 Å². The normalized spacial score (nSPS) is 18.8. The van der Waals surface area contributed by atoms with Crippen LogP contribution >= 0.6 is 12.2 Å². The second-order valence-corrected chi connectivity index (χ2v) is 19.3. The van der Waals surface area contributed by atoms with Gasteiger partial charge in [0, 0.05) is 21.5 Å². The molecule has 0 aliphatic heterocycles. The SMILES string of the molecule is CCCCCC1CCC(c2ccc3c(c2F)c(=O)oc2c(F)c(OCCCC)ccc23)CC1.CCCCCC1CCC(c2ccc3c(c2F)c(=S)oc2c(F)c(OCCCC)ccc23)CC1. The molecular weight excluding hydrogens is 861 g/mol. The smallest absolute Gasteiger partial charge is 0.347 e. The molecule has 2 fully saturated rings. The van der Waals surface area contributed by atoms with Gasteiger partial charge in [-0.15, -0.1) is 0 Å². The second-order valence-electron chi connectivity index (χ2n) is 18.9. The van der Waals surface area contributed by atoms with Gasteiger partial charge in [0.05, 0.1) is 18.6 Å². The van der Waals surface area contributed by atoms with Crippen LogP contribution in [0.3, 0.4) is 0 Å². The van der Waals surface area contributed by atoms with Crippen molar-refractivity contribution < 1.29 is 35.9 Å². The summed E-state index contributed by atoms with van der Waals surface area (Å²) in [6.07, 6.45) is 22.1. The Balaban J connectivity index is 0.000000196. The van der Waals surface area contributed by atoms with Gasteiger partial charge in [0.2, 0.25) is 16.3 Å². The zero-order valence-electron chi connectivity index (χ0n) is 39.4. The number of unbranched alkanes of at least 4 members (excludes halogenated alkanes) is 6. The summed E-state index contributed by atoms with van der Waals surface area (Å²) in [4.78, 5) is 12.8. The lowest BCUT2D eigenvalue weighted by Gasteiger charge is -2.29. The Morgan fingerprint density at radius 2 is 0.909 bits per heavy atom. The Morgan fingerprint density at radius 3 is 1.36 bits per heavy atom. The van der Waals surface area contributed by atoms with Crippen LogP contribution in [0.4, 0.5) is 17.6 Å². The minimum Gasteiger partial charge on any atom is -0.490 e. The maximum Gasteiger partial charge on any atom is 0.347 e. The largest absolute Gasteiger partial charge is 0.490 e. The molecule has 2 heterocycles. The Morgan fingerprint density at radius 1 is 0.500 bits per heavy atom. The highest BCUT2D eigenvalue weighted by Gasteiger charge is 2.28. The Bertz CT molecular complexity index is 2510. The van der Waals surface area contributed by atoms with E-state index in [0.29, 0.717) is 45.7 Å². The van der Waals surface area contributed by atoms with E-state index in [0.717, 1.165) is 94.4 Å². The van der Waals surface area contributed by atoms with Gasteiger partial charge in [0.25, 0.3) is 0 Å². The summed E-state index contributed by atoms with van der Waals surface area (Å²) in [6, 6.07) is 13.8. The zero-order chi connectivity index (χ0) is 46.7. The molecule has 0 unspecified atom stereocenters. The number of fused-ring (bicyclic) bond motifs is 6. The summed E-state index contributed by atoms with van der Waals surface area (Å²) >= 11 is 5.40. The number of ether oxygens (including phenoxy) is 2. The second kappa shape index (κ2) is 23.5. The molecule has 0 amide bonds. The van der Waals surface area contributed by atoms with Crippen molar-refractivity contribution in [2.45, 2.75) is 168 Å². The predicted octanol–water partition coefficient (Wildman–Crippen LogP) is 17.9. The van der Waals surface area contributed by atoms with Crippen LogP contribution in [0.15, 0.2) is 62.2 Å². The van der Waals surface area contributed by atoms with Crippen molar-refractivity contribution in [1.82, 2.24) is 0 Å². The Labute approximate surface area is 392 Å². The average Bonchev–Trinajstić information content (AvgIpc) is 3.32. The predicted molar refractivity (Wildman–Crippen MR) is 263 cm³/mol. The molecule has 5 nitrogen and oxygen atoms in total. The van der Waals surface area contributed by atoms with Gasteiger partial charge in [-0.05, 0) is 135 Å². The number of benzene rings is 4. The molecule has 0 saturated heterocycles. The maximum atomic E-state index is 15.7. The van der Waals surface area contributed by atoms with Gasteiger partial charge in [-0.2, -0.15) is 8.78 Å². The van der Waals surface area contributed by atoms with E-state index in [4.69, 9.17) is 30.5 Å². The topological polar surface area (TPSA) is 61.8 Å². The summed E-state index contributed by atoms with van der Waals surface area (Å²) in [6.45, 7) is 9.34. The molecule has 2 aliphatic rings. The summed E-state index contributed by atoms with van der Waals surface area (Å²) in [7, 11) is 0. The van der Waals surface area contributed by atoms with Gasteiger partial charge in [0.15, 0.2) is 22.7 Å². The van der Waals surface area contributed by atoms with Crippen LogP contribution in [0.25, 0.3) is 43.5 Å². The Kier molecular flexibility index (Phi) is 17.6. The molecule has 356 valence electrons. The molecule has 0 spiro atoms. The first-order valence-electron chi connectivity index (χ1n) is 25.1. The molecule has 4 aromatic carbocycles. The quantitative estimate of drug-likeness (QED) is 0.0281. The molecule has 2 aromatic heterocycles. The number of halogens is 4. The fraction of sp³-hybridized carbons (Fsp3) is 0.536. The third-order valence-corrected chi connectivity index (χ3v) is 14.6. The first-order chi connectivity index (χ1) is 32.1. The highest BCUT2D eigenvalue weighted by molar-refractivity contribution is 7.71. The van der Waals surface area contributed by atoms with E-state index >= 15 is 13.2 Å². The van der Waals surface area contributed by atoms with Crippen molar-refractivity contribution in [3.05, 3.63) is 98.1 Å². The highest BCUT2D eigenvalue weighted by Crippen LogP contribution is 2.43. The van der Waals surface area contributed by atoms with Gasteiger partial charge in [-0.25, -0.2) is 13.6 Å². The van der Waals surface area contributed by atoms with Crippen LogP contribution in [-0.2, 0) is 0 Å². The molecular formula is C56H68F4O5S. The number of rotatable bonds is 18. The number of hydrogen-bond acceptors (Lipinski definition) is 6. The van der Waals surface area contributed by atoms with Crippen LogP contribution in [0, 0.1) is 39.8 Å². The molecule has 0 bridgehead atoms. The van der Waals surface area contributed by atoms with Crippen LogP contribution in [0.5, 0.6) is 11.5 Å². The average molecular weight is 929 g/mol. The summed E-state index contributed by atoms with van der Waals surface area (Å²) in [5.41, 5.74) is 0.313. The van der Waals surface area contributed by atoms with E-state index in [9.17, 15) is 9.18 Å². The molecule has 0 N–H and O–H groups in total. The van der Waals surface area contributed by atoms with E-state index in [2.05, 4.69) is 13.8 Å². The summed E-state index contributed by atoms with van der Waals surface area (Å²) in [5.74, 6) is -0.125. The minimum absolute atomic E-state index is 0.00490. The fourth-order valence-electron chi connectivity index (χ4n) is 10.4. The third-order valence-electron chi connectivity index (χ3n) is 14.4. The van der Waals surface area contributed by atoms with Crippen LogP contribution in [0.1, 0.15) is 179 Å².